The van der Waals surface area contributed by atoms with E-state index in [0.717, 1.165) is 6.07 Å². The van der Waals surface area contributed by atoms with E-state index in [-0.39, 0.29) is 18.4 Å². The summed E-state index contributed by atoms with van der Waals surface area (Å²) in [6, 6.07) is 1.03. The number of benzene rings is 1. The standard InChI is InChI=1S/C14H9F3N2O4/c15-14(16,17)6-1-2-7-8(5-6)13(23)19(12(7)22)9-3-4-10(20)18-11(9)21/h1-2,5,9H,3-4H2,(H,18,20,21). The molecular weight excluding hydrogens is 317 g/mol. The Bertz CT molecular complexity index is 757. The van der Waals surface area contributed by atoms with Crippen LogP contribution in [0.4, 0.5) is 13.2 Å². The van der Waals surface area contributed by atoms with Crippen molar-refractivity contribution in [3.8, 4) is 0 Å². The number of halogens is 3. The summed E-state index contributed by atoms with van der Waals surface area (Å²) in [5.74, 6) is -3.15. The predicted molar refractivity (Wildman–Crippen MR) is 68.1 cm³/mol. The molecule has 23 heavy (non-hydrogen) atoms. The summed E-state index contributed by atoms with van der Waals surface area (Å²) in [6.45, 7) is 0. The summed E-state index contributed by atoms with van der Waals surface area (Å²) in [5, 5.41) is 2.01. The van der Waals surface area contributed by atoms with Gasteiger partial charge in [-0.15, -0.1) is 0 Å². The van der Waals surface area contributed by atoms with Gasteiger partial charge in [-0.25, -0.2) is 0 Å². The van der Waals surface area contributed by atoms with Gasteiger partial charge in [0.05, 0.1) is 16.7 Å². The first kappa shape index (κ1) is 15.2. The summed E-state index contributed by atoms with van der Waals surface area (Å²) in [7, 11) is 0. The lowest BCUT2D eigenvalue weighted by molar-refractivity contribution is -0.138. The van der Waals surface area contributed by atoms with E-state index >= 15 is 0 Å². The number of carbonyl (C=O) groups is 4. The second-order valence-electron chi connectivity index (χ2n) is 5.21. The highest BCUT2D eigenvalue weighted by molar-refractivity contribution is 6.23. The molecule has 9 heteroatoms. The van der Waals surface area contributed by atoms with E-state index < -0.39 is 47.0 Å². The van der Waals surface area contributed by atoms with Crippen LogP contribution < -0.4 is 5.32 Å². The lowest BCUT2D eigenvalue weighted by Crippen LogP contribution is -2.54. The van der Waals surface area contributed by atoms with Crippen LogP contribution >= 0.6 is 0 Å². The molecular formula is C14H9F3N2O4. The largest absolute Gasteiger partial charge is 0.416 e. The first-order valence-corrected chi connectivity index (χ1v) is 6.63. The molecule has 2 aliphatic rings. The molecule has 1 saturated heterocycles. The van der Waals surface area contributed by atoms with Crippen molar-refractivity contribution in [2.24, 2.45) is 0 Å². The van der Waals surface area contributed by atoms with Gasteiger partial charge in [0.2, 0.25) is 11.8 Å². The molecule has 3 rings (SSSR count). The van der Waals surface area contributed by atoms with Crippen molar-refractivity contribution in [2.75, 3.05) is 0 Å². The van der Waals surface area contributed by atoms with Gasteiger partial charge in [-0.05, 0) is 24.6 Å². The van der Waals surface area contributed by atoms with Crippen molar-refractivity contribution in [3.05, 3.63) is 34.9 Å². The quantitative estimate of drug-likeness (QED) is 0.784. The van der Waals surface area contributed by atoms with Crippen molar-refractivity contribution in [1.82, 2.24) is 10.2 Å². The molecule has 0 bridgehead atoms. The number of nitrogens with one attached hydrogen (secondary N) is 1. The molecule has 0 saturated carbocycles. The van der Waals surface area contributed by atoms with Gasteiger partial charge in [-0.3, -0.25) is 29.4 Å². The highest BCUT2D eigenvalue weighted by Crippen LogP contribution is 2.34. The highest BCUT2D eigenvalue weighted by atomic mass is 19.4. The minimum atomic E-state index is -4.65. The number of piperidine rings is 1. The first-order valence-electron chi connectivity index (χ1n) is 6.63. The third-order valence-corrected chi connectivity index (χ3v) is 3.77. The lowest BCUT2D eigenvalue weighted by Gasteiger charge is -2.27. The van der Waals surface area contributed by atoms with Gasteiger partial charge >= 0.3 is 6.18 Å². The van der Waals surface area contributed by atoms with Crippen LogP contribution in [0, 0.1) is 0 Å². The van der Waals surface area contributed by atoms with E-state index in [4.69, 9.17) is 0 Å². The topological polar surface area (TPSA) is 83.6 Å². The molecule has 1 aromatic carbocycles. The zero-order valence-electron chi connectivity index (χ0n) is 11.4. The fourth-order valence-electron chi connectivity index (χ4n) is 2.65. The van der Waals surface area contributed by atoms with Gasteiger partial charge in [-0.1, -0.05) is 0 Å². The fourth-order valence-corrected chi connectivity index (χ4v) is 2.65. The van der Waals surface area contributed by atoms with Crippen molar-refractivity contribution < 1.29 is 32.3 Å². The van der Waals surface area contributed by atoms with Gasteiger partial charge < -0.3 is 0 Å². The number of amides is 4. The number of imide groups is 2. The molecule has 1 unspecified atom stereocenters. The zero-order chi connectivity index (χ0) is 16.9. The monoisotopic (exact) mass is 326 g/mol. The first-order chi connectivity index (χ1) is 10.7. The predicted octanol–water partition coefficient (Wildman–Crippen LogP) is 1.11. The van der Waals surface area contributed by atoms with E-state index in [1.54, 1.807) is 0 Å². The summed E-state index contributed by atoms with van der Waals surface area (Å²) in [6.07, 6.45) is -4.76. The van der Waals surface area contributed by atoms with Crippen LogP contribution in [-0.2, 0) is 15.8 Å². The third-order valence-electron chi connectivity index (χ3n) is 3.77. The lowest BCUT2D eigenvalue weighted by atomic mass is 10.0. The van der Waals surface area contributed by atoms with Crippen molar-refractivity contribution in [1.29, 1.82) is 0 Å². The summed E-state index contributed by atoms with van der Waals surface area (Å²) < 4.78 is 38.2. The average Bonchev–Trinajstić information content (AvgIpc) is 2.71. The van der Waals surface area contributed by atoms with E-state index in [2.05, 4.69) is 0 Å². The molecule has 0 aromatic heterocycles. The van der Waals surface area contributed by atoms with Gasteiger partial charge in [0.15, 0.2) is 0 Å². The highest BCUT2D eigenvalue weighted by Gasteiger charge is 2.45. The molecule has 1 aromatic rings. The molecule has 2 aliphatic heterocycles. The zero-order valence-corrected chi connectivity index (χ0v) is 11.4. The Morgan fingerprint density at radius 2 is 1.70 bits per heavy atom. The van der Waals surface area contributed by atoms with Crippen LogP contribution in [0.5, 0.6) is 0 Å². The minimum absolute atomic E-state index is 0.0533. The minimum Gasteiger partial charge on any atom is -0.295 e. The van der Waals surface area contributed by atoms with E-state index in [1.807, 2.05) is 5.32 Å². The van der Waals surface area contributed by atoms with Gasteiger partial charge in [-0.2, -0.15) is 13.2 Å². The van der Waals surface area contributed by atoms with Crippen LogP contribution in [-0.4, -0.2) is 34.6 Å². The van der Waals surface area contributed by atoms with Gasteiger partial charge in [0.1, 0.15) is 6.04 Å². The van der Waals surface area contributed by atoms with E-state index in [9.17, 15) is 32.3 Å². The van der Waals surface area contributed by atoms with Crippen LogP contribution in [0.25, 0.3) is 0 Å². The Morgan fingerprint density at radius 1 is 1.04 bits per heavy atom. The molecule has 0 spiro atoms. The smallest absolute Gasteiger partial charge is 0.295 e. The summed E-state index contributed by atoms with van der Waals surface area (Å²) in [4.78, 5) is 48.1. The van der Waals surface area contributed by atoms with Crippen LogP contribution in [0.2, 0.25) is 0 Å². The molecule has 120 valence electrons. The van der Waals surface area contributed by atoms with Crippen LogP contribution in [0.3, 0.4) is 0 Å². The van der Waals surface area contributed by atoms with Crippen molar-refractivity contribution >= 4 is 23.6 Å². The van der Waals surface area contributed by atoms with E-state index in [1.165, 1.54) is 0 Å². The Labute approximate surface area is 127 Å². The Balaban J connectivity index is 1.98. The second-order valence-corrected chi connectivity index (χ2v) is 5.21. The number of fused-ring (bicyclic) bond motifs is 1. The number of rotatable bonds is 1. The number of hydrogen-bond donors (Lipinski definition) is 1. The number of hydrogen-bond acceptors (Lipinski definition) is 4. The molecule has 0 radical (unpaired) electrons. The average molecular weight is 326 g/mol. The second kappa shape index (κ2) is 4.90. The molecule has 1 atom stereocenters. The number of alkyl halides is 3. The third kappa shape index (κ3) is 2.37. The molecule has 6 nitrogen and oxygen atoms in total. The Hall–Kier alpha value is -2.71. The SMILES string of the molecule is O=C1CCC(N2C(=O)c3ccc(C(F)(F)F)cc3C2=O)C(=O)N1. The van der Waals surface area contributed by atoms with Crippen molar-refractivity contribution in [2.45, 2.75) is 25.1 Å². The maximum absolute atomic E-state index is 12.7. The van der Waals surface area contributed by atoms with Gasteiger partial charge in [0, 0.05) is 6.42 Å². The van der Waals surface area contributed by atoms with Gasteiger partial charge in [0.25, 0.3) is 11.8 Å². The molecule has 4 amide bonds. The van der Waals surface area contributed by atoms with Crippen molar-refractivity contribution in [3.63, 3.8) is 0 Å². The molecule has 2 heterocycles. The summed E-state index contributed by atoms with van der Waals surface area (Å²) >= 11 is 0. The fraction of sp³-hybridized carbons (Fsp3) is 0.286. The van der Waals surface area contributed by atoms with Crippen LogP contribution in [0.1, 0.15) is 39.1 Å². The molecule has 0 aliphatic carbocycles. The summed E-state index contributed by atoms with van der Waals surface area (Å²) in [5.41, 5.74) is -1.63. The Morgan fingerprint density at radius 3 is 2.30 bits per heavy atom. The number of carbonyl (C=O) groups excluding carboxylic acids is 4. The normalized spacial score (nSPS) is 21.5. The number of nitrogens with zero attached hydrogens (tertiary/aromatic N) is 1. The molecule has 1 fully saturated rings. The van der Waals surface area contributed by atoms with Crippen LogP contribution in [0.15, 0.2) is 18.2 Å². The maximum Gasteiger partial charge on any atom is 0.416 e. The maximum atomic E-state index is 12.7. The Kier molecular flexibility index (Phi) is 3.24. The van der Waals surface area contributed by atoms with E-state index in [0.29, 0.717) is 17.0 Å². The molecule has 1 N–H and O–H groups in total.